The average molecular weight is 421 g/mol. The van der Waals surface area contributed by atoms with Crippen LogP contribution in [-0.2, 0) is 11.8 Å². The number of ether oxygens (including phenoxy) is 1. The molecule has 4 atom stereocenters. The molecule has 0 radical (unpaired) electrons. The Morgan fingerprint density at radius 3 is 2.90 bits per heavy atom. The van der Waals surface area contributed by atoms with Crippen LogP contribution >= 0.6 is 0 Å². The molecule has 2 aliphatic carbocycles. The smallest absolute Gasteiger partial charge is 0.237 e. The van der Waals surface area contributed by atoms with E-state index in [2.05, 4.69) is 22.0 Å². The van der Waals surface area contributed by atoms with Crippen LogP contribution in [0.3, 0.4) is 0 Å². The van der Waals surface area contributed by atoms with Crippen LogP contribution in [0.25, 0.3) is 11.3 Å². The minimum atomic E-state index is -0.00360. The highest BCUT2D eigenvalue weighted by molar-refractivity contribution is 5.80. The number of aryl methyl sites for hydroxylation is 1. The van der Waals surface area contributed by atoms with Gasteiger partial charge in [0.05, 0.1) is 18.0 Å². The summed E-state index contributed by atoms with van der Waals surface area (Å²) >= 11 is 0. The second-order valence-electron chi connectivity index (χ2n) is 8.94. The van der Waals surface area contributed by atoms with Crippen molar-refractivity contribution in [1.29, 1.82) is 5.26 Å². The van der Waals surface area contributed by atoms with E-state index in [1.807, 2.05) is 36.1 Å². The molecule has 1 amide bonds. The fourth-order valence-corrected chi connectivity index (χ4v) is 5.25. The minimum Gasteiger partial charge on any atom is -0.489 e. The second kappa shape index (κ2) is 7.98. The van der Waals surface area contributed by atoms with Crippen LogP contribution in [-0.4, -0.2) is 34.4 Å². The van der Waals surface area contributed by atoms with Gasteiger partial charge in [0.15, 0.2) is 0 Å². The van der Waals surface area contributed by atoms with E-state index in [9.17, 15) is 10.1 Å². The molecular weight excluding hydrogens is 392 g/mol. The van der Waals surface area contributed by atoms with Gasteiger partial charge >= 0.3 is 0 Å². The molecule has 1 aliphatic heterocycles. The van der Waals surface area contributed by atoms with E-state index >= 15 is 0 Å². The van der Waals surface area contributed by atoms with Gasteiger partial charge in [0.2, 0.25) is 5.91 Å². The number of hydrazine groups is 1. The van der Waals surface area contributed by atoms with E-state index in [1.165, 1.54) is 0 Å². The fourth-order valence-electron chi connectivity index (χ4n) is 5.25. The van der Waals surface area contributed by atoms with E-state index in [4.69, 9.17) is 10.5 Å². The topological polar surface area (TPSA) is 118 Å². The van der Waals surface area contributed by atoms with Crippen LogP contribution in [0.1, 0.15) is 49.1 Å². The molecule has 8 heteroatoms. The molecule has 2 heterocycles. The highest BCUT2D eigenvalue weighted by Crippen LogP contribution is 2.45. The number of nitriles is 1. The maximum absolute atomic E-state index is 12.4. The van der Waals surface area contributed by atoms with Crippen LogP contribution in [0.2, 0.25) is 0 Å². The van der Waals surface area contributed by atoms with Crippen molar-refractivity contribution in [1.82, 2.24) is 20.6 Å². The minimum absolute atomic E-state index is 0.00360. The summed E-state index contributed by atoms with van der Waals surface area (Å²) in [7, 11) is 1.92. The van der Waals surface area contributed by atoms with Crippen molar-refractivity contribution in [3.8, 4) is 23.1 Å². The molecule has 2 aromatic rings. The van der Waals surface area contributed by atoms with Crippen LogP contribution in [0.4, 0.5) is 0 Å². The van der Waals surface area contributed by atoms with Crippen molar-refractivity contribution in [2.75, 3.05) is 6.54 Å². The molecule has 31 heavy (non-hydrogen) atoms. The van der Waals surface area contributed by atoms with Crippen LogP contribution in [0.5, 0.6) is 5.75 Å². The molecule has 8 nitrogen and oxygen atoms in total. The number of amides is 1. The lowest BCUT2D eigenvalue weighted by Gasteiger charge is -2.43. The Kier molecular flexibility index (Phi) is 5.16. The van der Waals surface area contributed by atoms with Gasteiger partial charge in [-0.2, -0.15) is 10.4 Å². The zero-order chi connectivity index (χ0) is 21.5. The molecule has 1 aromatic carbocycles. The predicted molar refractivity (Wildman–Crippen MR) is 115 cm³/mol. The first-order chi connectivity index (χ1) is 15.1. The number of nitrogens with one attached hydrogen (secondary N) is 2. The maximum atomic E-state index is 12.4. The Balaban J connectivity index is 1.50. The van der Waals surface area contributed by atoms with Crippen molar-refractivity contribution in [3.63, 3.8) is 0 Å². The average Bonchev–Trinajstić information content (AvgIpc) is 3.52. The van der Waals surface area contributed by atoms with Gasteiger partial charge in [0.1, 0.15) is 17.4 Å². The van der Waals surface area contributed by atoms with Crippen LogP contribution in [0.15, 0.2) is 24.4 Å². The molecule has 0 spiro atoms. The summed E-state index contributed by atoms with van der Waals surface area (Å²) in [5.74, 6) is 1.15. The van der Waals surface area contributed by atoms with Gasteiger partial charge in [-0.05, 0) is 50.0 Å². The third-order valence-electron chi connectivity index (χ3n) is 7.01. The first kappa shape index (κ1) is 20.0. The van der Waals surface area contributed by atoms with Crippen LogP contribution < -0.4 is 21.3 Å². The lowest BCUT2D eigenvalue weighted by atomic mass is 9.68. The lowest BCUT2D eigenvalue weighted by molar-refractivity contribution is -0.133. The number of nitrogens with zero attached hydrogens (tertiary/aromatic N) is 3. The molecule has 2 saturated carbocycles. The molecule has 162 valence electrons. The van der Waals surface area contributed by atoms with Gasteiger partial charge in [0.25, 0.3) is 0 Å². The van der Waals surface area contributed by atoms with E-state index in [-0.39, 0.29) is 35.8 Å². The Bertz CT molecular complexity index is 1040. The number of carbonyl (C=O) groups is 1. The summed E-state index contributed by atoms with van der Waals surface area (Å²) in [5, 5.41) is 14.5. The molecule has 1 aromatic heterocycles. The van der Waals surface area contributed by atoms with Crippen molar-refractivity contribution in [2.24, 2.45) is 24.6 Å². The molecule has 4 unspecified atom stereocenters. The van der Waals surface area contributed by atoms with Crippen molar-refractivity contribution < 1.29 is 9.53 Å². The summed E-state index contributed by atoms with van der Waals surface area (Å²) in [4.78, 5) is 12.4. The number of aromatic nitrogens is 2. The summed E-state index contributed by atoms with van der Waals surface area (Å²) < 4.78 is 7.86. The first-order valence-electron chi connectivity index (χ1n) is 11.1. The molecule has 5 rings (SSSR count). The van der Waals surface area contributed by atoms with Crippen molar-refractivity contribution in [3.05, 3.63) is 35.5 Å². The van der Waals surface area contributed by atoms with Crippen LogP contribution in [0, 0.1) is 23.2 Å². The fraction of sp³-hybridized carbons (Fsp3) is 0.522. The summed E-state index contributed by atoms with van der Waals surface area (Å²) in [6.07, 6.45) is 6.83. The van der Waals surface area contributed by atoms with Crippen molar-refractivity contribution >= 4 is 5.91 Å². The van der Waals surface area contributed by atoms with E-state index in [1.54, 1.807) is 0 Å². The second-order valence-corrected chi connectivity index (χ2v) is 8.94. The summed E-state index contributed by atoms with van der Waals surface area (Å²) in [6, 6.07) is 8.23. The molecular formula is C23H28N6O2. The predicted octanol–water partition coefficient (Wildman–Crippen LogP) is 1.96. The summed E-state index contributed by atoms with van der Waals surface area (Å²) in [6.45, 7) is 0.479. The quantitative estimate of drug-likeness (QED) is 0.681. The van der Waals surface area contributed by atoms with Gasteiger partial charge in [-0.15, -0.1) is 0 Å². The number of carbonyl (C=O) groups excluding carboxylic acids is 1. The zero-order valence-electron chi connectivity index (χ0n) is 17.7. The SMILES string of the molecule is Cn1ncc(C2CCC3C(=O)NNC(CN)C3C2)c1-c1cccc(OC2CC2)c1C#N. The number of rotatable bonds is 5. The standard InChI is InChI=1S/C23H28N6O2/c1-29-22(15-3-2-4-21(18(15)10-24)31-14-6-7-14)19(12-26-29)13-5-8-16-17(9-13)20(11-25)27-28-23(16)30/h2-4,12-14,16-17,20,27H,5-9,11,25H2,1H3,(H,28,30). The Morgan fingerprint density at radius 2 is 2.16 bits per heavy atom. The normalized spacial score (nSPS) is 27.8. The number of fused-ring (bicyclic) bond motifs is 1. The van der Waals surface area contributed by atoms with Gasteiger partial charge in [-0.3, -0.25) is 14.9 Å². The molecule has 3 aliphatic rings. The number of nitrogens with two attached hydrogens (primary N) is 1. The third kappa shape index (κ3) is 3.58. The monoisotopic (exact) mass is 420 g/mol. The first-order valence-corrected chi connectivity index (χ1v) is 11.1. The Morgan fingerprint density at radius 1 is 1.32 bits per heavy atom. The van der Waals surface area contributed by atoms with Crippen molar-refractivity contribution in [2.45, 2.75) is 50.2 Å². The Labute approximate surface area is 181 Å². The maximum Gasteiger partial charge on any atom is 0.237 e. The van der Waals surface area contributed by atoms with E-state index in [0.29, 0.717) is 17.9 Å². The van der Waals surface area contributed by atoms with E-state index in [0.717, 1.165) is 48.9 Å². The largest absolute Gasteiger partial charge is 0.489 e. The number of hydrogen-bond donors (Lipinski definition) is 3. The molecule has 1 saturated heterocycles. The van der Waals surface area contributed by atoms with Gasteiger partial charge in [0, 0.05) is 36.7 Å². The molecule has 4 N–H and O–H groups in total. The lowest BCUT2D eigenvalue weighted by Crippen LogP contribution is -2.62. The zero-order valence-corrected chi connectivity index (χ0v) is 17.7. The third-order valence-corrected chi connectivity index (χ3v) is 7.01. The molecule has 3 fully saturated rings. The van der Waals surface area contributed by atoms with Gasteiger partial charge in [-0.25, -0.2) is 5.43 Å². The number of hydrogen-bond acceptors (Lipinski definition) is 6. The van der Waals surface area contributed by atoms with Gasteiger partial charge < -0.3 is 10.5 Å². The van der Waals surface area contributed by atoms with Gasteiger partial charge in [-0.1, -0.05) is 12.1 Å². The number of benzene rings is 1. The van der Waals surface area contributed by atoms with E-state index < -0.39 is 0 Å². The Hall–Kier alpha value is -2.89. The highest BCUT2D eigenvalue weighted by atomic mass is 16.5. The molecule has 0 bridgehead atoms. The summed E-state index contributed by atoms with van der Waals surface area (Å²) in [5.41, 5.74) is 15.4. The highest BCUT2D eigenvalue weighted by Gasteiger charge is 2.43.